The summed E-state index contributed by atoms with van der Waals surface area (Å²) in [6.07, 6.45) is 1.82. The number of methoxy groups -OCH3 is 1. The Hall–Kier alpha value is -3.07. The fourth-order valence-corrected chi connectivity index (χ4v) is 4.32. The fourth-order valence-electron chi connectivity index (χ4n) is 3.41. The minimum Gasteiger partial charge on any atom is -0.497 e. The standard InChI is InChI=1S/C25H35N3O5S/c1-7-19(3)26-25(30)20(4)27(16-21-12-14-22(33-5)15-13-21)24(29)17-28(34(6,31)32)23-11-9-8-10-18(23)2/h8-15,19-20H,7,16-17H2,1-6H3,(H,26,30)/t19-,20-/m1/s1. The first-order chi connectivity index (χ1) is 16.0. The quantitative estimate of drug-likeness (QED) is 0.523. The van der Waals surface area contributed by atoms with Crippen LogP contribution in [0.25, 0.3) is 0 Å². The molecule has 186 valence electrons. The summed E-state index contributed by atoms with van der Waals surface area (Å²) in [5.41, 5.74) is 1.95. The van der Waals surface area contributed by atoms with Gasteiger partial charge in [0.1, 0.15) is 18.3 Å². The lowest BCUT2D eigenvalue weighted by Crippen LogP contribution is -2.52. The summed E-state index contributed by atoms with van der Waals surface area (Å²) in [6, 6.07) is 13.3. The lowest BCUT2D eigenvalue weighted by molar-refractivity contribution is -0.139. The zero-order valence-electron chi connectivity index (χ0n) is 20.7. The molecule has 0 aliphatic rings. The van der Waals surface area contributed by atoms with Crippen LogP contribution in [0.1, 0.15) is 38.3 Å². The second-order valence-corrected chi connectivity index (χ2v) is 10.3. The van der Waals surface area contributed by atoms with Crippen molar-refractivity contribution in [1.82, 2.24) is 10.2 Å². The maximum atomic E-state index is 13.5. The van der Waals surface area contributed by atoms with Gasteiger partial charge in [0.2, 0.25) is 21.8 Å². The van der Waals surface area contributed by atoms with Crippen LogP contribution in [0.15, 0.2) is 48.5 Å². The summed E-state index contributed by atoms with van der Waals surface area (Å²) in [7, 11) is -2.18. The van der Waals surface area contributed by atoms with Gasteiger partial charge in [-0.15, -0.1) is 0 Å². The largest absolute Gasteiger partial charge is 0.497 e. The van der Waals surface area contributed by atoms with Crippen LogP contribution >= 0.6 is 0 Å². The maximum Gasteiger partial charge on any atom is 0.244 e. The van der Waals surface area contributed by atoms with E-state index in [0.717, 1.165) is 28.1 Å². The Balaban J connectivity index is 2.39. The van der Waals surface area contributed by atoms with Crippen molar-refractivity contribution in [3.63, 3.8) is 0 Å². The second-order valence-electron chi connectivity index (χ2n) is 8.42. The summed E-state index contributed by atoms with van der Waals surface area (Å²) >= 11 is 0. The molecule has 8 nitrogen and oxygen atoms in total. The Morgan fingerprint density at radius 3 is 2.21 bits per heavy atom. The average Bonchev–Trinajstić information content (AvgIpc) is 2.80. The molecule has 0 saturated carbocycles. The van der Waals surface area contributed by atoms with Gasteiger partial charge in [-0.1, -0.05) is 37.3 Å². The van der Waals surface area contributed by atoms with Crippen molar-refractivity contribution in [3.05, 3.63) is 59.7 Å². The Bertz CT molecular complexity index is 1090. The van der Waals surface area contributed by atoms with E-state index in [2.05, 4.69) is 5.32 Å². The summed E-state index contributed by atoms with van der Waals surface area (Å²) in [6.45, 7) is 7.02. The van der Waals surface area contributed by atoms with E-state index in [0.29, 0.717) is 11.4 Å². The Labute approximate surface area is 202 Å². The minimum absolute atomic E-state index is 0.0487. The lowest BCUT2D eigenvalue weighted by atomic mass is 10.1. The number of ether oxygens (including phenoxy) is 1. The molecule has 0 aromatic heterocycles. The van der Waals surface area contributed by atoms with Crippen molar-refractivity contribution in [2.24, 2.45) is 0 Å². The molecule has 0 unspecified atom stereocenters. The molecule has 2 rings (SSSR count). The van der Waals surface area contributed by atoms with Gasteiger partial charge in [-0.25, -0.2) is 8.42 Å². The number of carbonyl (C=O) groups excluding carboxylic acids is 2. The van der Waals surface area contributed by atoms with Gasteiger partial charge in [-0.2, -0.15) is 0 Å². The highest BCUT2D eigenvalue weighted by Gasteiger charge is 2.30. The van der Waals surface area contributed by atoms with Gasteiger partial charge in [0, 0.05) is 12.6 Å². The molecule has 0 spiro atoms. The van der Waals surface area contributed by atoms with Crippen LogP contribution in [0.2, 0.25) is 0 Å². The van der Waals surface area contributed by atoms with E-state index >= 15 is 0 Å². The number of rotatable bonds is 11. The van der Waals surface area contributed by atoms with Gasteiger partial charge in [-0.05, 0) is 56.5 Å². The molecule has 0 heterocycles. The molecule has 0 aliphatic heterocycles. The van der Waals surface area contributed by atoms with E-state index < -0.39 is 28.5 Å². The van der Waals surface area contributed by atoms with Crippen molar-refractivity contribution in [1.29, 1.82) is 0 Å². The van der Waals surface area contributed by atoms with E-state index in [9.17, 15) is 18.0 Å². The molecule has 0 radical (unpaired) electrons. The number of amides is 2. The van der Waals surface area contributed by atoms with E-state index in [-0.39, 0.29) is 18.5 Å². The Kier molecular flexibility index (Phi) is 9.49. The number of para-hydroxylation sites is 1. The third kappa shape index (κ3) is 7.21. The predicted octanol–water partition coefficient (Wildman–Crippen LogP) is 3.10. The highest BCUT2D eigenvalue weighted by molar-refractivity contribution is 7.92. The van der Waals surface area contributed by atoms with Crippen LogP contribution < -0.4 is 14.4 Å². The van der Waals surface area contributed by atoms with Crippen molar-refractivity contribution >= 4 is 27.5 Å². The van der Waals surface area contributed by atoms with Crippen LogP contribution in [0.3, 0.4) is 0 Å². The smallest absolute Gasteiger partial charge is 0.244 e. The van der Waals surface area contributed by atoms with Crippen molar-refractivity contribution < 1.29 is 22.7 Å². The van der Waals surface area contributed by atoms with Gasteiger partial charge in [0.15, 0.2) is 0 Å². The molecule has 2 aromatic rings. The number of carbonyl (C=O) groups is 2. The predicted molar refractivity (Wildman–Crippen MR) is 134 cm³/mol. The number of nitrogens with one attached hydrogen (secondary N) is 1. The highest BCUT2D eigenvalue weighted by Crippen LogP contribution is 2.23. The van der Waals surface area contributed by atoms with Crippen molar-refractivity contribution in [2.45, 2.75) is 52.7 Å². The summed E-state index contributed by atoms with van der Waals surface area (Å²) < 4.78 is 31.5. The average molecular weight is 490 g/mol. The number of hydrogen-bond donors (Lipinski definition) is 1. The van der Waals surface area contributed by atoms with Crippen molar-refractivity contribution in [2.75, 3.05) is 24.2 Å². The van der Waals surface area contributed by atoms with Crippen molar-refractivity contribution in [3.8, 4) is 5.75 Å². The number of nitrogens with zero attached hydrogens (tertiary/aromatic N) is 2. The van der Waals surface area contributed by atoms with Gasteiger partial charge in [0.25, 0.3) is 0 Å². The van der Waals surface area contributed by atoms with E-state index in [1.54, 1.807) is 57.4 Å². The summed E-state index contributed by atoms with van der Waals surface area (Å²) in [5.74, 6) is -0.0960. The summed E-state index contributed by atoms with van der Waals surface area (Å²) in [4.78, 5) is 27.8. The highest BCUT2D eigenvalue weighted by atomic mass is 32.2. The van der Waals surface area contributed by atoms with Crippen LogP contribution in [0.5, 0.6) is 5.75 Å². The van der Waals surface area contributed by atoms with Crippen LogP contribution in [0.4, 0.5) is 5.69 Å². The van der Waals surface area contributed by atoms with E-state index in [4.69, 9.17) is 4.74 Å². The van der Waals surface area contributed by atoms with Crippen LogP contribution in [-0.4, -0.2) is 57.1 Å². The molecule has 0 saturated heterocycles. The first kappa shape index (κ1) is 27.2. The Morgan fingerprint density at radius 2 is 1.68 bits per heavy atom. The first-order valence-corrected chi connectivity index (χ1v) is 13.1. The normalized spacial score (nSPS) is 13.0. The zero-order chi connectivity index (χ0) is 25.5. The van der Waals surface area contributed by atoms with Crippen LogP contribution in [0, 0.1) is 6.92 Å². The SMILES string of the molecule is CC[C@@H](C)NC(=O)[C@@H](C)N(Cc1ccc(OC)cc1)C(=O)CN(c1ccccc1C)S(C)(=O)=O. The zero-order valence-corrected chi connectivity index (χ0v) is 21.6. The molecule has 34 heavy (non-hydrogen) atoms. The molecule has 2 atom stereocenters. The van der Waals surface area contributed by atoms with E-state index in [1.165, 1.54) is 4.90 Å². The van der Waals surface area contributed by atoms with Gasteiger partial charge in [-0.3, -0.25) is 13.9 Å². The third-order valence-electron chi connectivity index (χ3n) is 5.74. The number of hydrogen-bond acceptors (Lipinski definition) is 5. The maximum absolute atomic E-state index is 13.5. The molecular formula is C25H35N3O5S. The summed E-state index contributed by atoms with van der Waals surface area (Å²) in [5, 5.41) is 2.91. The molecule has 2 aromatic carbocycles. The molecule has 1 N–H and O–H groups in total. The topological polar surface area (TPSA) is 96.0 Å². The first-order valence-electron chi connectivity index (χ1n) is 11.2. The monoisotopic (exact) mass is 489 g/mol. The Morgan fingerprint density at radius 1 is 1.06 bits per heavy atom. The molecule has 9 heteroatoms. The van der Waals surface area contributed by atoms with Gasteiger partial charge >= 0.3 is 0 Å². The third-order valence-corrected chi connectivity index (χ3v) is 6.87. The molecular weight excluding hydrogens is 454 g/mol. The number of anilines is 1. The minimum atomic E-state index is -3.75. The van der Waals surface area contributed by atoms with Gasteiger partial charge < -0.3 is 15.0 Å². The molecule has 2 amide bonds. The fraction of sp³-hybridized carbons (Fsp3) is 0.440. The molecule has 0 aliphatic carbocycles. The number of aryl methyl sites for hydroxylation is 1. The second kappa shape index (κ2) is 11.9. The number of benzene rings is 2. The molecule has 0 fully saturated rings. The number of sulfonamides is 1. The molecule has 0 bridgehead atoms. The van der Waals surface area contributed by atoms with Gasteiger partial charge in [0.05, 0.1) is 19.1 Å². The van der Waals surface area contributed by atoms with E-state index in [1.807, 2.05) is 26.0 Å². The lowest BCUT2D eigenvalue weighted by Gasteiger charge is -2.32. The van der Waals surface area contributed by atoms with Crippen LogP contribution in [-0.2, 0) is 26.2 Å².